The third-order valence-corrected chi connectivity index (χ3v) is 4.94. The number of rotatable bonds is 4. The van der Waals surface area contributed by atoms with Gasteiger partial charge in [-0.1, -0.05) is 6.07 Å². The molecule has 1 amide bonds. The molecule has 2 fully saturated rings. The van der Waals surface area contributed by atoms with Crippen molar-refractivity contribution >= 4 is 17.3 Å². The van der Waals surface area contributed by atoms with Gasteiger partial charge in [-0.25, -0.2) is 0 Å². The lowest BCUT2D eigenvalue weighted by Gasteiger charge is -2.35. The van der Waals surface area contributed by atoms with Crippen molar-refractivity contribution in [3.05, 3.63) is 23.8 Å². The van der Waals surface area contributed by atoms with Gasteiger partial charge in [-0.3, -0.25) is 4.79 Å². The summed E-state index contributed by atoms with van der Waals surface area (Å²) in [7, 11) is 0. The van der Waals surface area contributed by atoms with Gasteiger partial charge in [0.1, 0.15) is 0 Å². The van der Waals surface area contributed by atoms with Crippen LogP contribution in [0.2, 0.25) is 0 Å². The van der Waals surface area contributed by atoms with Crippen LogP contribution in [0.15, 0.2) is 18.2 Å². The van der Waals surface area contributed by atoms with E-state index in [1.54, 1.807) is 0 Å². The number of nitrogens with zero attached hydrogens (tertiary/aromatic N) is 2. The molecule has 2 atom stereocenters. The smallest absolute Gasteiger partial charge is 0.223 e. The summed E-state index contributed by atoms with van der Waals surface area (Å²) in [6.45, 7) is 7.62. The van der Waals surface area contributed by atoms with Gasteiger partial charge in [0, 0.05) is 32.6 Å². The number of benzene rings is 1. The predicted octanol–water partition coefficient (Wildman–Crippen LogP) is 2.44. The first-order valence-corrected chi connectivity index (χ1v) is 9.09. The average molecular weight is 331 g/mol. The number of aryl methyl sites for hydroxylation is 1. The van der Waals surface area contributed by atoms with Gasteiger partial charge >= 0.3 is 0 Å². The highest BCUT2D eigenvalue weighted by molar-refractivity contribution is 5.77. The maximum Gasteiger partial charge on any atom is 0.223 e. The van der Waals surface area contributed by atoms with Crippen molar-refractivity contribution in [2.24, 2.45) is 0 Å². The first kappa shape index (κ1) is 17.1. The second-order valence-electron chi connectivity index (χ2n) is 7.14. The molecule has 2 heterocycles. The fraction of sp³-hybridized carbons (Fsp3) is 0.632. The summed E-state index contributed by atoms with van der Waals surface area (Å²) in [4.78, 5) is 16.7. The van der Waals surface area contributed by atoms with Gasteiger partial charge in [-0.2, -0.15) is 0 Å². The minimum atomic E-state index is 0.119. The Morgan fingerprint density at radius 3 is 2.50 bits per heavy atom. The van der Waals surface area contributed by atoms with Crippen LogP contribution in [0.3, 0.4) is 0 Å². The molecular weight excluding hydrogens is 302 g/mol. The van der Waals surface area contributed by atoms with Crippen LogP contribution in [0.4, 0.5) is 11.4 Å². The number of morpholine rings is 1. The number of hydrogen-bond acceptors (Lipinski definition) is 4. The van der Waals surface area contributed by atoms with E-state index in [0.29, 0.717) is 19.5 Å². The van der Waals surface area contributed by atoms with E-state index in [-0.39, 0.29) is 18.1 Å². The molecule has 5 heteroatoms. The average Bonchev–Trinajstić information content (AvgIpc) is 3.06. The van der Waals surface area contributed by atoms with Crippen LogP contribution in [0.25, 0.3) is 0 Å². The molecule has 2 saturated heterocycles. The van der Waals surface area contributed by atoms with Crippen LogP contribution < -0.4 is 10.6 Å². The Hall–Kier alpha value is -1.75. The number of amides is 1. The number of carbonyl (C=O) groups is 1. The fourth-order valence-electron chi connectivity index (χ4n) is 3.80. The van der Waals surface area contributed by atoms with Crippen molar-refractivity contribution in [1.29, 1.82) is 0 Å². The summed E-state index contributed by atoms with van der Waals surface area (Å²) in [6, 6.07) is 6.26. The molecule has 1 aromatic rings. The van der Waals surface area contributed by atoms with Crippen LogP contribution in [0.5, 0.6) is 0 Å². The highest BCUT2D eigenvalue weighted by atomic mass is 16.5. The molecule has 3 rings (SSSR count). The van der Waals surface area contributed by atoms with Crippen LogP contribution >= 0.6 is 0 Å². The van der Waals surface area contributed by atoms with Gasteiger partial charge in [-0.15, -0.1) is 0 Å². The number of hydrogen-bond donors (Lipinski definition) is 1. The molecule has 2 unspecified atom stereocenters. The van der Waals surface area contributed by atoms with Crippen molar-refractivity contribution in [2.45, 2.75) is 51.7 Å². The van der Waals surface area contributed by atoms with E-state index in [2.05, 4.69) is 17.0 Å². The molecule has 2 N–H and O–H groups in total. The standard InChI is InChI=1S/C19H29N3O2/c1-14-12-22(13-15(2)24-14)19(23)8-6-16-5-7-18(17(20)11-16)21-9-3-4-10-21/h5,7,11,14-15H,3-4,6,8-10,12-13,20H2,1-2H3. The SMILES string of the molecule is CC1CN(C(=O)CCc2ccc(N3CCCC3)c(N)c2)CC(C)O1. The summed E-state index contributed by atoms with van der Waals surface area (Å²) < 4.78 is 5.69. The topological polar surface area (TPSA) is 58.8 Å². The van der Waals surface area contributed by atoms with Gasteiger partial charge in [0.2, 0.25) is 5.91 Å². The first-order valence-electron chi connectivity index (χ1n) is 9.09. The van der Waals surface area contributed by atoms with Gasteiger partial charge in [0.15, 0.2) is 0 Å². The maximum atomic E-state index is 12.5. The molecular formula is C19H29N3O2. The molecule has 1 aromatic carbocycles. The number of carbonyl (C=O) groups excluding carboxylic acids is 1. The fourth-order valence-corrected chi connectivity index (χ4v) is 3.80. The Balaban J connectivity index is 1.56. The number of anilines is 2. The number of nitrogens with two attached hydrogens (primary N) is 1. The normalized spacial score (nSPS) is 24.4. The quantitative estimate of drug-likeness (QED) is 0.861. The van der Waals surface area contributed by atoms with E-state index in [1.807, 2.05) is 24.8 Å². The Morgan fingerprint density at radius 2 is 1.88 bits per heavy atom. The molecule has 2 aliphatic rings. The van der Waals surface area contributed by atoms with E-state index in [4.69, 9.17) is 10.5 Å². The summed E-state index contributed by atoms with van der Waals surface area (Å²) in [5.74, 6) is 0.208. The second-order valence-corrected chi connectivity index (χ2v) is 7.14. The van der Waals surface area contributed by atoms with E-state index >= 15 is 0 Å². The van der Waals surface area contributed by atoms with Crippen LogP contribution in [0, 0.1) is 0 Å². The number of ether oxygens (including phenoxy) is 1. The third-order valence-electron chi connectivity index (χ3n) is 4.94. The molecule has 0 saturated carbocycles. The largest absolute Gasteiger partial charge is 0.397 e. The van der Waals surface area contributed by atoms with Crippen LogP contribution in [0.1, 0.15) is 38.7 Å². The molecule has 0 radical (unpaired) electrons. The molecule has 0 aliphatic carbocycles. The molecule has 132 valence electrons. The minimum Gasteiger partial charge on any atom is -0.397 e. The lowest BCUT2D eigenvalue weighted by Crippen LogP contribution is -2.48. The van der Waals surface area contributed by atoms with Crippen molar-refractivity contribution in [1.82, 2.24) is 4.90 Å². The van der Waals surface area contributed by atoms with Gasteiger partial charge < -0.3 is 20.3 Å². The maximum absolute atomic E-state index is 12.5. The van der Waals surface area contributed by atoms with Crippen molar-refractivity contribution in [3.63, 3.8) is 0 Å². The monoisotopic (exact) mass is 331 g/mol. The van der Waals surface area contributed by atoms with E-state index in [9.17, 15) is 4.79 Å². The van der Waals surface area contributed by atoms with E-state index in [1.165, 1.54) is 12.8 Å². The zero-order valence-corrected chi connectivity index (χ0v) is 14.8. The summed E-state index contributed by atoms with van der Waals surface area (Å²) in [6.07, 6.45) is 3.99. The number of nitrogen functional groups attached to an aromatic ring is 1. The summed E-state index contributed by atoms with van der Waals surface area (Å²) >= 11 is 0. The van der Waals surface area contributed by atoms with Crippen LogP contribution in [-0.2, 0) is 16.0 Å². The van der Waals surface area contributed by atoms with Crippen LogP contribution in [-0.4, -0.2) is 49.2 Å². The zero-order valence-electron chi connectivity index (χ0n) is 14.8. The van der Waals surface area contributed by atoms with E-state index in [0.717, 1.165) is 36.4 Å². The molecule has 0 spiro atoms. The van der Waals surface area contributed by atoms with E-state index < -0.39 is 0 Å². The van der Waals surface area contributed by atoms with Gasteiger partial charge in [-0.05, 0) is 50.8 Å². The van der Waals surface area contributed by atoms with Crippen molar-refractivity contribution < 1.29 is 9.53 Å². The second kappa shape index (κ2) is 7.43. The Labute approximate surface area is 144 Å². The first-order chi connectivity index (χ1) is 11.5. The highest BCUT2D eigenvalue weighted by Crippen LogP contribution is 2.28. The summed E-state index contributed by atoms with van der Waals surface area (Å²) in [5, 5.41) is 0. The molecule has 0 bridgehead atoms. The predicted molar refractivity (Wildman–Crippen MR) is 97.2 cm³/mol. The molecule has 2 aliphatic heterocycles. The summed E-state index contributed by atoms with van der Waals surface area (Å²) in [5.41, 5.74) is 9.34. The van der Waals surface area contributed by atoms with Crippen molar-refractivity contribution in [2.75, 3.05) is 36.8 Å². The van der Waals surface area contributed by atoms with Gasteiger partial charge in [0.05, 0.1) is 23.6 Å². The Bertz CT molecular complexity index is 574. The lowest BCUT2D eigenvalue weighted by atomic mass is 10.1. The minimum absolute atomic E-state index is 0.119. The molecule has 0 aromatic heterocycles. The highest BCUT2D eigenvalue weighted by Gasteiger charge is 2.25. The molecule has 5 nitrogen and oxygen atoms in total. The zero-order chi connectivity index (χ0) is 17.1. The van der Waals surface area contributed by atoms with Gasteiger partial charge in [0.25, 0.3) is 0 Å². The lowest BCUT2D eigenvalue weighted by molar-refractivity contribution is -0.143. The molecule has 24 heavy (non-hydrogen) atoms. The van der Waals surface area contributed by atoms with Crippen molar-refractivity contribution in [3.8, 4) is 0 Å². The Morgan fingerprint density at radius 1 is 1.21 bits per heavy atom. The Kier molecular flexibility index (Phi) is 5.29. The third kappa shape index (κ3) is 4.01.